The second kappa shape index (κ2) is 6.44. The second-order valence-electron chi connectivity index (χ2n) is 0.767. The van der Waals surface area contributed by atoms with Crippen LogP contribution in [0.25, 0.3) is 0 Å². The van der Waals surface area contributed by atoms with Crippen LogP contribution in [0.1, 0.15) is 0 Å². The van der Waals surface area contributed by atoms with E-state index in [-0.39, 0.29) is 0 Å². The Labute approximate surface area is 51.1 Å². The van der Waals surface area contributed by atoms with Crippen molar-refractivity contribution in [1.82, 2.24) is 0 Å². The Balaban J connectivity index is 2.34. The maximum Gasteiger partial charge on any atom is -0.0166 e. The molecule has 0 saturated carbocycles. The van der Waals surface area contributed by atoms with Gasteiger partial charge in [0.25, 0.3) is 0 Å². The molecule has 0 saturated heterocycles. The molecule has 0 fully saturated rings. The van der Waals surface area contributed by atoms with E-state index in [0.29, 0.717) is 15.9 Å². The van der Waals surface area contributed by atoms with Gasteiger partial charge in [-0.25, -0.2) is 0 Å². The van der Waals surface area contributed by atoms with Crippen LogP contribution in [0.2, 0.25) is 0 Å². The lowest BCUT2D eigenvalue weighted by molar-refractivity contribution is 1.56. The molecule has 4 heteroatoms. The normalized spacial score (nSPS) is 13.0. The molecule has 0 spiro atoms. The Bertz CT molecular complexity index is 21.5. The Morgan fingerprint density at radius 3 is 1.50 bits per heavy atom. The fourth-order valence-electron chi connectivity index (χ4n) is 0.0945. The van der Waals surface area contributed by atoms with Gasteiger partial charge in [0.1, 0.15) is 0 Å². The van der Waals surface area contributed by atoms with E-state index in [9.17, 15) is 0 Å². The first-order valence-electron chi connectivity index (χ1n) is 1.59. The molecule has 2 unspecified atom stereocenters. The molecule has 0 bridgehead atoms. The van der Waals surface area contributed by atoms with Crippen molar-refractivity contribution in [1.29, 1.82) is 0 Å². The minimum absolute atomic E-state index is 0.559. The summed E-state index contributed by atoms with van der Waals surface area (Å²) in [5.41, 5.74) is 0. The number of hydrogen-bond donors (Lipinski definition) is 0. The fourth-order valence-corrected chi connectivity index (χ4v) is 2.55. The summed E-state index contributed by atoms with van der Waals surface area (Å²) < 4.78 is 0. The lowest BCUT2D eigenvalue weighted by Crippen LogP contribution is -1.68. The van der Waals surface area contributed by atoms with Crippen molar-refractivity contribution in [2.45, 2.75) is 0 Å². The molecular formula is C2H6Cl2P2. The third kappa shape index (κ3) is 5.44. The highest BCUT2D eigenvalue weighted by atomic mass is 35.7. The van der Waals surface area contributed by atoms with Crippen LogP contribution in [0.5, 0.6) is 0 Å². The number of halogens is 2. The highest BCUT2D eigenvalue weighted by Gasteiger charge is 1.78. The van der Waals surface area contributed by atoms with E-state index in [1.54, 1.807) is 0 Å². The summed E-state index contributed by atoms with van der Waals surface area (Å²) in [4.78, 5) is 0. The summed E-state index contributed by atoms with van der Waals surface area (Å²) in [6, 6.07) is 0. The lowest BCUT2D eigenvalue weighted by atomic mass is 11.0. The summed E-state index contributed by atoms with van der Waals surface area (Å²) in [5, 5.41) is 0. The Morgan fingerprint density at radius 1 is 1.00 bits per heavy atom. The van der Waals surface area contributed by atoms with Gasteiger partial charge in [-0.15, -0.1) is 22.5 Å². The van der Waals surface area contributed by atoms with Gasteiger partial charge in [0.05, 0.1) is 0 Å². The predicted molar refractivity (Wildman–Crippen MR) is 38.1 cm³/mol. The SMILES string of the molecule is ClPCCPCl. The summed E-state index contributed by atoms with van der Waals surface area (Å²) in [6.45, 7) is 0. The Morgan fingerprint density at radius 2 is 1.33 bits per heavy atom. The zero-order valence-electron chi connectivity index (χ0n) is 3.17. The van der Waals surface area contributed by atoms with Gasteiger partial charge in [-0.1, -0.05) is 0 Å². The number of hydrogen-bond acceptors (Lipinski definition) is 0. The van der Waals surface area contributed by atoms with Crippen LogP contribution in [-0.4, -0.2) is 12.3 Å². The molecule has 0 radical (unpaired) electrons. The van der Waals surface area contributed by atoms with Crippen molar-refractivity contribution in [2.75, 3.05) is 12.3 Å². The Hall–Kier alpha value is 1.44. The van der Waals surface area contributed by atoms with E-state index in [1.807, 2.05) is 0 Å². The first-order valence-corrected chi connectivity index (χ1v) is 6.02. The first-order chi connectivity index (χ1) is 2.91. The van der Waals surface area contributed by atoms with Crippen LogP contribution in [0.4, 0.5) is 0 Å². The maximum atomic E-state index is 5.35. The van der Waals surface area contributed by atoms with Crippen molar-refractivity contribution >= 4 is 38.3 Å². The monoisotopic (exact) mass is 162 g/mol. The van der Waals surface area contributed by atoms with E-state index < -0.39 is 0 Å². The lowest BCUT2D eigenvalue weighted by Gasteiger charge is -1.83. The fraction of sp³-hybridized carbons (Fsp3) is 1.00. The van der Waals surface area contributed by atoms with Crippen LogP contribution in [0.3, 0.4) is 0 Å². The third-order valence-corrected chi connectivity index (χ3v) is 2.83. The molecule has 0 aromatic rings. The van der Waals surface area contributed by atoms with Gasteiger partial charge >= 0.3 is 0 Å². The van der Waals surface area contributed by atoms with Crippen LogP contribution in [0.15, 0.2) is 0 Å². The standard InChI is InChI=1S/C2H6Cl2P2/c3-5-1-2-6-4/h5-6H,1-2H2. The molecule has 0 amide bonds. The van der Waals surface area contributed by atoms with E-state index in [0.717, 1.165) is 12.3 Å². The molecule has 0 aliphatic rings. The van der Waals surface area contributed by atoms with Crippen molar-refractivity contribution < 1.29 is 0 Å². The van der Waals surface area contributed by atoms with Crippen LogP contribution >= 0.6 is 38.3 Å². The van der Waals surface area contributed by atoms with E-state index in [2.05, 4.69) is 0 Å². The molecule has 0 aromatic heterocycles. The van der Waals surface area contributed by atoms with Crippen molar-refractivity contribution in [3.05, 3.63) is 0 Å². The average Bonchev–Trinajstić information content (AvgIpc) is 1.61. The largest absolute Gasteiger partial charge is 0.100 e. The molecule has 0 nitrogen and oxygen atoms in total. The van der Waals surface area contributed by atoms with Crippen molar-refractivity contribution in [3.8, 4) is 0 Å². The van der Waals surface area contributed by atoms with Crippen molar-refractivity contribution in [2.24, 2.45) is 0 Å². The second-order valence-corrected chi connectivity index (χ2v) is 3.91. The van der Waals surface area contributed by atoms with Gasteiger partial charge in [0.2, 0.25) is 0 Å². The van der Waals surface area contributed by atoms with E-state index in [1.165, 1.54) is 0 Å². The molecule has 0 aliphatic carbocycles. The van der Waals surface area contributed by atoms with Crippen LogP contribution < -0.4 is 0 Å². The zero-order chi connectivity index (χ0) is 4.83. The van der Waals surface area contributed by atoms with Gasteiger partial charge in [-0.2, -0.15) is 0 Å². The smallest absolute Gasteiger partial charge is 0.0166 e. The minimum Gasteiger partial charge on any atom is -0.100 e. The van der Waals surface area contributed by atoms with Gasteiger partial charge in [0, 0.05) is 0 Å². The maximum absolute atomic E-state index is 5.35. The topological polar surface area (TPSA) is 0 Å². The number of rotatable bonds is 3. The molecule has 0 heterocycles. The molecule has 0 rings (SSSR count). The van der Waals surface area contributed by atoms with E-state index >= 15 is 0 Å². The average molecular weight is 163 g/mol. The van der Waals surface area contributed by atoms with E-state index in [4.69, 9.17) is 22.5 Å². The Kier molecular flexibility index (Phi) is 7.99. The molecule has 0 aromatic carbocycles. The predicted octanol–water partition coefficient (Wildman–Crippen LogP) is 2.65. The minimum atomic E-state index is 0.559. The highest BCUT2D eigenvalue weighted by Crippen LogP contribution is 2.22. The highest BCUT2D eigenvalue weighted by molar-refractivity contribution is 7.71. The van der Waals surface area contributed by atoms with Gasteiger partial charge in [-0.05, 0) is 28.2 Å². The molecule has 38 valence electrons. The van der Waals surface area contributed by atoms with Crippen molar-refractivity contribution in [3.63, 3.8) is 0 Å². The molecule has 6 heavy (non-hydrogen) atoms. The summed E-state index contributed by atoms with van der Waals surface area (Å²) >= 11 is 10.7. The van der Waals surface area contributed by atoms with Crippen LogP contribution in [0, 0.1) is 0 Å². The summed E-state index contributed by atoms with van der Waals surface area (Å²) in [5.74, 6) is 0. The van der Waals surface area contributed by atoms with Gasteiger partial charge < -0.3 is 0 Å². The summed E-state index contributed by atoms with van der Waals surface area (Å²) in [7, 11) is 1.12. The zero-order valence-corrected chi connectivity index (χ0v) is 6.68. The molecule has 0 aliphatic heterocycles. The first kappa shape index (κ1) is 7.44. The van der Waals surface area contributed by atoms with Gasteiger partial charge in [-0.3, -0.25) is 0 Å². The molecule has 2 atom stereocenters. The quantitative estimate of drug-likeness (QED) is 0.443. The van der Waals surface area contributed by atoms with Gasteiger partial charge in [0.15, 0.2) is 0 Å². The third-order valence-electron chi connectivity index (χ3n) is 0.314. The molecule has 0 N–H and O–H groups in total. The van der Waals surface area contributed by atoms with Crippen LogP contribution in [-0.2, 0) is 0 Å². The molecular weight excluding hydrogens is 157 g/mol. The summed E-state index contributed by atoms with van der Waals surface area (Å²) in [6.07, 6.45) is 2.17.